The molecule has 180 valence electrons. The number of aliphatic hydroxyl groups is 1. The van der Waals surface area contributed by atoms with Gasteiger partial charge in [-0.25, -0.2) is 9.67 Å². The van der Waals surface area contributed by atoms with Crippen LogP contribution in [0.4, 0.5) is 0 Å². The number of rotatable bonds is 8. The van der Waals surface area contributed by atoms with Crippen LogP contribution in [0.1, 0.15) is 74.7 Å². The number of thiazole rings is 1. The molecule has 0 bridgehead atoms. The van der Waals surface area contributed by atoms with E-state index in [9.17, 15) is 14.7 Å². The Balaban J connectivity index is 1.42. The van der Waals surface area contributed by atoms with Crippen molar-refractivity contribution in [1.82, 2.24) is 30.2 Å². The van der Waals surface area contributed by atoms with E-state index in [4.69, 9.17) is 0 Å². The highest BCUT2D eigenvalue weighted by Gasteiger charge is 2.45. The smallest absolute Gasteiger partial charge is 0.248 e. The maximum absolute atomic E-state index is 13.7. The van der Waals surface area contributed by atoms with E-state index in [1.807, 2.05) is 39.4 Å². The number of nitrogens with zero attached hydrogens (tertiary/aromatic N) is 5. The van der Waals surface area contributed by atoms with Crippen molar-refractivity contribution >= 4 is 23.2 Å². The van der Waals surface area contributed by atoms with E-state index < -0.39 is 23.6 Å². The Morgan fingerprint density at radius 2 is 2.09 bits per heavy atom. The summed E-state index contributed by atoms with van der Waals surface area (Å²) in [6.07, 6.45) is 5.26. The van der Waals surface area contributed by atoms with E-state index in [2.05, 4.69) is 20.6 Å². The van der Waals surface area contributed by atoms with Crippen molar-refractivity contribution in [3.63, 3.8) is 0 Å². The Labute approximate surface area is 198 Å². The zero-order valence-corrected chi connectivity index (χ0v) is 20.6. The third kappa shape index (κ3) is 5.43. The first-order valence-electron chi connectivity index (χ1n) is 11.7. The van der Waals surface area contributed by atoms with E-state index in [0.717, 1.165) is 37.1 Å². The summed E-state index contributed by atoms with van der Waals surface area (Å²) < 4.78 is 1.65. The number of amides is 2. The maximum atomic E-state index is 13.7. The molecule has 1 aliphatic carbocycles. The summed E-state index contributed by atoms with van der Waals surface area (Å²) >= 11 is 1.63. The summed E-state index contributed by atoms with van der Waals surface area (Å²) in [7, 11) is 0. The van der Waals surface area contributed by atoms with Crippen molar-refractivity contribution in [3.8, 4) is 0 Å². The fourth-order valence-electron chi connectivity index (χ4n) is 4.47. The largest absolute Gasteiger partial charge is 0.391 e. The second kappa shape index (κ2) is 9.50. The molecule has 9 nitrogen and oxygen atoms in total. The number of aromatic nitrogens is 4. The number of aliphatic hydroxyl groups excluding tert-OH is 1. The molecular weight excluding hydrogens is 440 g/mol. The number of nitrogens with one attached hydrogen (secondary N) is 1. The number of carbonyl (C=O) groups excluding carboxylic acids is 2. The quantitative estimate of drug-likeness (QED) is 0.567. The first-order chi connectivity index (χ1) is 15.6. The van der Waals surface area contributed by atoms with Crippen LogP contribution >= 0.6 is 11.3 Å². The molecule has 2 aromatic rings. The van der Waals surface area contributed by atoms with Crippen molar-refractivity contribution in [2.75, 3.05) is 13.1 Å². The standard InChI is InChI=1S/C23H34N6O3S/c1-14-19(33-13-25-14)6-5-9-24-21(31)18-10-16(30)11-28(18)22(32)20(23(2,3)4)29-12-17(26-27-29)15-7-8-15/h12-13,15-16,18,20,30H,5-11H2,1-4H3,(H,24,31)/t16?,18?,20-/m1/s1. The molecule has 2 aromatic heterocycles. The number of likely N-dealkylation sites (tertiary alicyclic amines) is 1. The number of β-amino-alcohol motifs (C(OH)–C–C–N with tert-alkyl or cyclic N) is 1. The Bertz CT molecular complexity index is 992. The first kappa shape index (κ1) is 23.8. The Kier molecular flexibility index (Phi) is 6.86. The molecule has 1 saturated heterocycles. The van der Waals surface area contributed by atoms with Gasteiger partial charge >= 0.3 is 0 Å². The molecule has 2 unspecified atom stereocenters. The zero-order valence-electron chi connectivity index (χ0n) is 19.8. The summed E-state index contributed by atoms with van der Waals surface area (Å²) in [5.41, 5.74) is 3.35. The highest BCUT2D eigenvalue weighted by Crippen LogP contribution is 2.40. The third-order valence-electron chi connectivity index (χ3n) is 6.43. The summed E-state index contributed by atoms with van der Waals surface area (Å²) in [4.78, 5) is 33.7. The van der Waals surface area contributed by atoms with Crippen LogP contribution in [0, 0.1) is 12.3 Å². The van der Waals surface area contributed by atoms with Crippen LogP contribution in [0.15, 0.2) is 11.7 Å². The van der Waals surface area contributed by atoms with Crippen LogP contribution in [-0.4, -0.2) is 67.0 Å². The van der Waals surface area contributed by atoms with Crippen molar-refractivity contribution in [1.29, 1.82) is 0 Å². The van der Waals surface area contributed by atoms with Crippen molar-refractivity contribution in [2.45, 2.75) is 83.9 Å². The van der Waals surface area contributed by atoms with E-state index in [1.54, 1.807) is 16.0 Å². The van der Waals surface area contributed by atoms with Gasteiger partial charge in [0.1, 0.15) is 12.1 Å². The van der Waals surface area contributed by atoms with Gasteiger partial charge < -0.3 is 15.3 Å². The predicted octanol–water partition coefficient (Wildman–Crippen LogP) is 2.22. The van der Waals surface area contributed by atoms with Gasteiger partial charge in [-0.2, -0.15) is 0 Å². The van der Waals surface area contributed by atoms with Gasteiger partial charge in [-0.05, 0) is 38.0 Å². The molecule has 3 atom stereocenters. The number of hydrogen-bond donors (Lipinski definition) is 2. The number of hydrogen-bond acceptors (Lipinski definition) is 7. The summed E-state index contributed by atoms with van der Waals surface area (Å²) in [6, 6.07) is -1.29. The first-order valence-corrected chi connectivity index (χ1v) is 12.6. The van der Waals surface area contributed by atoms with Gasteiger partial charge in [0.15, 0.2) is 0 Å². The van der Waals surface area contributed by atoms with Gasteiger partial charge in [-0.3, -0.25) is 9.59 Å². The number of aryl methyl sites for hydroxylation is 2. The van der Waals surface area contributed by atoms with Crippen molar-refractivity contribution in [3.05, 3.63) is 28.0 Å². The average molecular weight is 475 g/mol. The van der Waals surface area contributed by atoms with Gasteiger partial charge in [0.05, 0.1) is 23.0 Å². The molecule has 1 saturated carbocycles. The fourth-order valence-corrected chi connectivity index (χ4v) is 5.29. The highest BCUT2D eigenvalue weighted by atomic mass is 32.1. The normalized spacial score (nSPS) is 21.9. The molecule has 4 rings (SSSR count). The lowest BCUT2D eigenvalue weighted by atomic mass is 9.85. The van der Waals surface area contributed by atoms with Gasteiger partial charge in [0.2, 0.25) is 11.8 Å². The van der Waals surface area contributed by atoms with E-state index >= 15 is 0 Å². The van der Waals surface area contributed by atoms with Gasteiger partial charge in [-0.15, -0.1) is 16.4 Å². The summed E-state index contributed by atoms with van der Waals surface area (Å²) in [5.74, 6) is 0.0212. The lowest BCUT2D eigenvalue weighted by Gasteiger charge is -2.34. The zero-order chi connectivity index (χ0) is 23.8. The SMILES string of the molecule is Cc1ncsc1CCCNC(=O)C1CC(O)CN1C(=O)[C@@H](n1cc(C2CC2)nn1)C(C)(C)C. The average Bonchev–Trinajstić information content (AvgIpc) is 3.13. The predicted molar refractivity (Wildman–Crippen MR) is 125 cm³/mol. The molecule has 10 heteroatoms. The molecule has 33 heavy (non-hydrogen) atoms. The molecule has 0 spiro atoms. The molecule has 1 aliphatic heterocycles. The Hall–Kier alpha value is -2.33. The lowest BCUT2D eigenvalue weighted by Crippen LogP contribution is -2.50. The maximum Gasteiger partial charge on any atom is 0.248 e. The van der Waals surface area contributed by atoms with Crippen LogP contribution in [0.2, 0.25) is 0 Å². The fraction of sp³-hybridized carbons (Fsp3) is 0.696. The molecule has 2 aliphatic rings. The Morgan fingerprint density at radius 1 is 1.33 bits per heavy atom. The van der Waals surface area contributed by atoms with E-state index in [-0.39, 0.29) is 24.8 Å². The van der Waals surface area contributed by atoms with Crippen molar-refractivity contribution < 1.29 is 14.7 Å². The Morgan fingerprint density at radius 3 is 2.73 bits per heavy atom. The third-order valence-corrected chi connectivity index (χ3v) is 7.43. The molecule has 0 radical (unpaired) electrons. The molecule has 3 heterocycles. The van der Waals surface area contributed by atoms with Gasteiger partial charge in [-0.1, -0.05) is 26.0 Å². The second-order valence-corrected chi connectivity index (χ2v) is 11.3. The van der Waals surface area contributed by atoms with Crippen LogP contribution in [0.5, 0.6) is 0 Å². The summed E-state index contributed by atoms with van der Waals surface area (Å²) in [6.45, 7) is 8.60. The minimum absolute atomic E-state index is 0.147. The van der Waals surface area contributed by atoms with Crippen molar-refractivity contribution in [2.24, 2.45) is 5.41 Å². The molecule has 2 amide bonds. The van der Waals surface area contributed by atoms with E-state index in [1.165, 1.54) is 9.78 Å². The van der Waals surface area contributed by atoms with Gasteiger partial charge in [0.25, 0.3) is 0 Å². The molecular formula is C23H34N6O3S. The van der Waals surface area contributed by atoms with Crippen LogP contribution in [0.25, 0.3) is 0 Å². The molecule has 2 fully saturated rings. The van der Waals surface area contributed by atoms with Gasteiger partial charge in [0, 0.05) is 36.5 Å². The minimum Gasteiger partial charge on any atom is -0.391 e. The monoisotopic (exact) mass is 474 g/mol. The van der Waals surface area contributed by atoms with Crippen LogP contribution < -0.4 is 5.32 Å². The topological polar surface area (TPSA) is 113 Å². The molecule has 2 N–H and O–H groups in total. The number of carbonyl (C=O) groups is 2. The van der Waals surface area contributed by atoms with Crippen LogP contribution in [-0.2, 0) is 16.0 Å². The highest BCUT2D eigenvalue weighted by molar-refractivity contribution is 7.09. The second-order valence-electron chi connectivity index (χ2n) is 10.3. The van der Waals surface area contributed by atoms with E-state index in [0.29, 0.717) is 12.5 Å². The lowest BCUT2D eigenvalue weighted by molar-refractivity contribution is -0.144. The molecule has 0 aromatic carbocycles. The van der Waals surface area contributed by atoms with Crippen LogP contribution in [0.3, 0.4) is 0 Å². The summed E-state index contributed by atoms with van der Waals surface area (Å²) in [5, 5.41) is 21.8. The minimum atomic E-state index is -0.720.